The zero-order valence-electron chi connectivity index (χ0n) is 60.9. The van der Waals surface area contributed by atoms with E-state index in [1.165, 1.54) is 51.2 Å². The average Bonchev–Trinajstić information content (AvgIpc) is 1.36. The number of aliphatic hydroxyl groups is 2. The maximum absolute atomic E-state index is 13.8. The van der Waals surface area contributed by atoms with E-state index in [-0.39, 0.29) is 97.9 Å². The van der Waals surface area contributed by atoms with Gasteiger partial charge in [-0.25, -0.2) is 27.6 Å². The number of esters is 2. The zero-order valence-corrected chi connectivity index (χ0v) is 60.9. The molecule has 10 heterocycles. The molecule has 0 spiro atoms. The molecule has 594 valence electrons. The van der Waals surface area contributed by atoms with Crippen LogP contribution >= 0.6 is 0 Å². The van der Waals surface area contributed by atoms with Crippen molar-refractivity contribution in [3.8, 4) is 17.2 Å². The standard InChI is InChI=1S/C21H24N2O7.C19H16F3N3O5.C9H10O5.2C5H11NO.C5H10O2.C4H9NO2.2CO2/c1-13-19(27-2)18(24)15(20(25)28-3)9-23(13)17-12-29-11-16(17)22-21(26)30-10-14-7-5-4-6-8-14;1-24-13-6-30-7-14(13)25-5-10(16(26)17(27)15(25)19(24)29)18(28)23-4-9-11(21)2-8(20)3-12(9)22;1-5-8(12-2)7(10)6(4-14-5)9(11)13-3;3*1-4-2-7-3-5(4)6;5-3-1-7-2-4(3)6;2*2-1-3/h4-9,16-17H,10-12H2,1-3H3,(H,22,26);2-3,5,13-14,27H,4,6-7H2,1H3,(H,23,28);4H,1-3H3;2*4-5H,2-3,6H2,1H3;4-6H,2-3H2,1H3;3-4,6H,1-2,5H2;;/t16-,17+;13-,14+;;2*4-,5+;4-,5-;3-,4-;;/m11.1111../s1. The van der Waals surface area contributed by atoms with E-state index in [0.717, 1.165) is 51.1 Å². The Kier molecular flexibility index (Phi) is 37.6. The molecular weight excluding hydrogens is 1440 g/mol. The third-order valence-corrected chi connectivity index (χ3v) is 17.4. The highest BCUT2D eigenvalue weighted by Gasteiger charge is 2.44. The molecule has 12 atom stereocenters. The monoisotopic (exact) mass is 1530 g/mol. The van der Waals surface area contributed by atoms with Crippen molar-refractivity contribution in [2.45, 2.75) is 102 Å². The van der Waals surface area contributed by atoms with Gasteiger partial charge in [0.1, 0.15) is 52.8 Å². The van der Waals surface area contributed by atoms with E-state index >= 15 is 0 Å². The summed E-state index contributed by atoms with van der Waals surface area (Å²) in [6.45, 7) is 15.3. The molecule has 0 bridgehead atoms. The van der Waals surface area contributed by atoms with Gasteiger partial charge in [-0.05, 0) is 31.2 Å². The molecule has 6 fully saturated rings. The molecule has 12 rings (SSSR count). The SMILES string of the molecule is CN1C(=O)c2c(O)c(=O)c(C(=O)NCc3c(F)cc(F)cc3F)cn2[C@H]2COC[C@H]21.COC(=O)c1cn([C@H]2COC[C@H]2NC(=O)OCc2ccccc2)c(C)c(OC)c1=O.COC(=O)c1coc(C)c(OC)c1=O.C[C@@H]1COC[C@@H]1N.C[C@@H]1COC[C@@H]1N.C[C@@H]1COC[C@H]1O.N[C@@H]1COC[C@H]1O.O=C=O.O=C=O. The first-order valence-electron chi connectivity index (χ1n) is 33.2. The van der Waals surface area contributed by atoms with Gasteiger partial charge in [-0.1, -0.05) is 51.1 Å². The van der Waals surface area contributed by atoms with Gasteiger partial charge in [0, 0.05) is 61.7 Å². The predicted molar refractivity (Wildman–Crippen MR) is 367 cm³/mol. The van der Waals surface area contributed by atoms with Crippen LogP contribution in [0, 0.1) is 49.1 Å². The van der Waals surface area contributed by atoms with Crippen LogP contribution in [0.15, 0.2) is 79.9 Å². The molecule has 38 heteroatoms. The maximum atomic E-state index is 13.8. The number of pyridine rings is 2. The first-order valence-corrected chi connectivity index (χ1v) is 33.2. The van der Waals surface area contributed by atoms with Gasteiger partial charge in [0.15, 0.2) is 17.2 Å². The Balaban J connectivity index is 0.000000288. The maximum Gasteiger partial charge on any atom is 0.407 e. The number of hydrogen-bond donors (Lipinski definition) is 8. The highest BCUT2D eigenvalue weighted by atomic mass is 19.1. The number of carbonyl (C=O) groups is 5. The number of rotatable bonds is 11. The number of nitrogens with two attached hydrogens (primary N) is 3. The molecule has 3 amide bonds. The van der Waals surface area contributed by atoms with E-state index in [1.54, 1.807) is 18.4 Å². The quantitative estimate of drug-likeness (QED) is 0.0675. The Morgan fingerprint density at radius 2 is 1.08 bits per heavy atom. The Morgan fingerprint density at radius 1 is 0.602 bits per heavy atom. The molecule has 0 radical (unpaired) electrons. The number of fused-ring (bicyclic) bond motifs is 3. The average molecular weight is 1530 g/mol. The van der Waals surface area contributed by atoms with E-state index < -0.39 is 105 Å². The van der Waals surface area contributed by atoms with E-state index in [9.17, 15) is 56.6 Å². The van der Waals surface area contributed by atoms with Crippen LogP contribution in [0.2, 0.25) is 0 Å². The summed E-state index contributed by atoms with van der Waals surface area (Å²) in [6, 6.07) is 9.13. The fourth-order valence-corrected chi connectivity index (χ4v) is 10.7. The summed E-state index contributed by atoms with van der Waals surface area (Å²) in [7, 11) is 6.60. The second kappa shape index (κ2) is 44.9. The summed E-state index contributed by atoms with van der Waals surface area (Å²) in [4.78, 5) is 131. The number of amides is 3. The highest BCUT2D eigenvalue weighted by Crippen LogP contribution is 2.34. The second-order valence-corrected chi connectivity index (χ2v) is 24.8. The van der Waals surface area contributed by atoms with Crippen LogP contribution in [-0.4, -0.2) is 229 Å². The molecule has 6 saturated heterocycles. The number of ether oxygens (including phenoxy) is 11. The van der Waals surface area contributed by atoms with Gasteiger partial charge in [0.05, 0.1) is 156 Å². The Hall–Kier alpha value is -10.0. The number of aliphatic hydroxyl groups excluding tert-OH is 2. The number of alkyl carbamates (subject to hydrolysis) is 1. The molecule has 11 N–H and O–H groups in total. The summed E-state index contributed by atoms with van der Waals surface area (Å²) in [6.07, 6.45) is 2.88. The fraction of sp³-hybridized carbons (Fsp3) is 0.514. The number of aromatic nitrogens is 2. The minimum absolute atomic E-state index is 0.0212. The molecular formula is C70H91F3N8O27. The van der Waals surface area contributed by atoms with Crippen molar-refractivity contribution in [3.05, 3.63) is 154 Å². The lowest BCUT2D eigenvalue weighted by molar-refractivity contribution is -0.193. The van der Waals surface area contributed by atoms with Crippen molar-refractivity contribution in [3.63, 3.8) is 0 Å². The largest absolute Gasteiger partial charge is 0.503 e. The predicted octanol–water partition coefficient (Wildman–Crippen LogP) is 1.000. The van der Waals surface area contributed by atoms with Crippen molar-refractivity contribution >= 4 is 42.1 Å². The van der Waals surface area contributed by atoms with Crippen LogP contribution in [0.3, 0.4) is 0 Å². The normalized spacial score (nSPS) is 22.9. The van der Waals surface area contributed by atoms with Crippen molar-refractivity contribution < 1.29 is 128 Å². The minimum atomic E-state index is -1.20. The van der Waals surface area contributed by atoms with E-state index in [4.69, 9.17) is 98.4 Å². The van der Waals surface area contributed by atoms with Crippen LogP contribution in [0.4, 0.5) is 18.0 Å². The first kappa shape index (κ1) is 90.3. The number of aromatic hydroxyl groups is 1. The van der Waals surface area contributed by atoms with Crippen molar-refractivity contribution in [1.82, 2.24) is 24.7 Å². The van der Waals surface area contributed by atoms with Gasteiger partial charge in [0.25, 0.3) is 11.8 Å². The van der Waals surface area contributed by atoms with Crippen LogP contribution in [0.5, 0.6) is 17.2 Å². The van der Waals surface area contributed by atoms with E-state index in [0.29, 0.717) is 73.2 Å². The number of methoxy groups -OCH3 is 4. The number of carbonyl (C=O) groups excluding carboxylic acids is 9. The molecule has 5 aromatic rings. The number of benzene rings is 2. The van der Waals surface area contributed by atoms with Crippen LogP contribution in [0.1, 0.15) is 97.0 Å². The minimum Gasteiger partial charge on any atom is -0.503 e. The lowest BCUT2D eigenvalue weighted by atomic mass is 10.0. The smallest absolute Gasteiger partial charge is 0.407 e. The van der Waals surface area contributed by atoms with Crippen LogP contribution < -0.4 is 53.6 Å². The first-order chi connectivity index (χ1) is 51.3. The topological polar surface area (TPSA) is 495 Å². The van der Waals surface area contributed by atoms with E-state index in [2.05, 4.69) is 29.2 Å². The molecule has 0 saturated carbocycles. The molecule has 2 aromatic carbocycles. The number of nitrogens with one attached hydrogen (secondary N) is 2. The lowest BCUT2D eigenvalue weighted by Crippen LogP contribution is -2.49. The van der Waals surface area contributed by atoms with Crippen molar-refractivity contribution in [1.29, 1.82) is 0 Å². The molecule has 0 aliphatic carbocycles. The Bertz CT molecular complexity index is 3920. The Labute approximate surface area is 616 Å². The van der Waals surface area contributed by atoms with Crippen molar-refractivity contribution in [2.24, 2.45) is 35.0 Å². The van der Waals surface area contributed by atoms with Crippen LogP contribution in [-0.2, 0) is 75.0 Å². The summed E-state index contributed by atoms with van der Waals surface area (Å²) in [5.74, 6) is -5.66. The van der Waals surface area contributed by atoms with Crippen molar-refractivity contribution in [2.75, 3.05) is 115 Å². The second-order valence-electron chi connectivity index (χ2n) is 24.8. The number of halogens is 3. The zero-order chi connectivity index (χ0) is 80.6. The summed E-state index contributed by atoms with van der Waals surface area (Å²) >= 11 is 0. The van der Waals surface area contributed by atoms with Gasteiger partial charge in [-0.15, -0.1) is 0 Å². The molecule has 35 nitrogen and oxygen atoms in total. The van der Waals surface area contributed by atoms with E-state index in [1.807, 2.05) is 37.3 Å². The fourth-order valence-electron chi connectivity index (χ4n) is 10.7. The van der Waals surface area contributed by atoms with Gasteiger partial charge < -0.3 is 114 Å². The van der Waals surface area contributed by atoms with Gasteiger partial charge in [-0.3, -0.25) is 24.0 Å². The summed E-state index contributed by atoms with van der Waals surface area (Å²) in [5, 5.41) is 32.9. The third-order valence-electron chi connectivity index (χ3n) is 17.4. The number of nitrogens with zero attached hydrogens (tertiary/aromatic N) is 3. The molecule has 7 aliphatic heterocycles. The summed E-state index contributed by atoms with van der Waals surface area (Å²) in [5.41, 5.74) is 13.9. The molecule has 108 heavy (non-hydrogen) atoms. The lowest BCUT2D eigenvalue weighted by Gasteiger charge is -2.36. The Morgan fingerprint density at radius 3 is 1.55 bits per heavy atom. The summed E-state index contributed by atoms with van der Waals surface area (Å²) < 4.78 is 104. The van der Waals surface area contributed by atoms with Crippen LogP contribution in [0.25, 0.3) is 0 Å². The molecule has 0 unspecified atom stereocenters. The van der Waals surface area contributed by atoms with Gasteiger partial charge in [0.2, 0.25) is 22.0 Å². The third kappa shape index (κ3) is 25.3. The van der Waals surface area contributed by atoms with Gasteiger partial charge >= 0.3 is 30.3 Å². The van der Waals surface area contributed by atoms with Gasteiger partial charge in [-0.2, -0.15) is 19.2 Å². The molecule has 3 aromatic heterocycles. The number of aryl methyl sites for hydroxylation is 1. The molecule has 7 aliphatic rings. The highest BCUT2D eigenvalue weighted by molar-refractivity contribution is 5.99. The number of hydrogen-bond acceptors (Lipinski definition) is 30. The number of likely N-dealkylation sites (N-methyl/N-ethyl adjacent to an activating group) is 1.